The van der Waals surface area contributed by atoms with Crippen LogP contribution < -0.4 is 5.32 Å². The molecule has 1 aliphatic carbocycles. The maximum absolute atomic E-state index is 5.11. The lowest BCUT2D eigenvalue weighted by Crippen LogP contribution is -2.33. The number of nitrogens with one attached hydrogen (secondary N) is 1. The minimum atomic E-state index is -0.254. The fourth-order valence-corrected chi connectivity index (χ4v) is 8.61. The van der Waals surface area contributed by atoms with Gasteiger partial charge in [0, 0.05) is 44.4 Å². The zero-order chi connectivity index (χ0) is 37.0. The number of hydrogen-bond acceptors (Lipinski definition) is 3. The molecule has 0 fully saturated rings. The van der Waals surface area contributed by atoms with Gasteiger partial charge in [-0.15, -0.1) is 0 Å². The van der Waals surface area contributed by atoms with E-state index in [4.69, 9.17) is 9.98 Å². The van der Waals surface area contributed by atoms with Crippen molar-refractivity contribution in [3.63, 3.8) is 0 Å². The van der Waals surface area contributed by atoms with Crippen molar-refractivity contribution in [2.45, 2.75) is 19.0 Å². The average Bonchev–Trinajstić information content (AvgIpc) is 3.79. The number of amidine groups is 2. The van der Waals surface area contributed by atoms with Crippen molar-refractivity contribution in [1.82, 2.24) is 14.5 Å². The minimum absolute atomic E-state index is 0.254. The highest BCUT2D eigenvalue weighted by Crippen LogP contribution is 2.38. The number of aliphatic imine (C=N–C) groups is 2. The van der Waals surface area contributed by atoms with E-state index in [1.807, 2.05) is 24.3 Å². The molecule has 56 heavy (non-hydrogen) atoms. The van der Waals surface area contributed by atoms with Gasteiger partial charge in [-0.1, -0.05) is 127 Å². The molecule has 11 rings (SSSR count). The van der Waals surface area contributed by atoms with Gasteiger partial charge in [0.15, 0.2) is 5.84 Å². The van der Waals surface area contributed by atoms with Crippen LogP contribution in [0.2, 0.25) is 0 Å². The fraction of sp³-hybridized carbons (Fsp3) is 0.0588. The van der Waals surface area contributed by atoms with Crippen molar-refractivity contribution >= 4 is 50.5 Å². The van der Waals surface area contributed by atoms with Gasteiger partial charge < -0.3 is 14.5 Å². The Morgan fingerprint density at radius 2 is 1.20 bits per heavy atom. The summed E-state index contributed by atoms with van der Waals surface area (Å²) in [7, 11) is 0. The van der Waals surface area contributed by atoms with E-state index in [-0.39, 0.29) is 6.17 Å². The van der Waals surface area contributed by atoms with Gasteiger partial charge in [-0.3, -0.25) is 0 Å². The van der Waals surface area contributed by atoms with Crippen LogP contribution in [0.25, 0.3) is 61.3 Å². The smallest absolute Gasteiger partial charge is 0.159 e. The number of nitrogens with zero attached hydrogens (tertiary/aromatic N) is 4. The van der Waals surface area contributed by atoms with Crippen molar-refractivity contribution in [3.05, 3.63) is 210 Å². The Morgan fingerprint density at radius 1 is 0.500 bits per heavy atom. The molecule has 1 N–H and O–H groups in total. The summed E-state index contributed by atoms with van der Waals surface area (Å²) in [6, 6.07) is 62.7. The molecule has 1 aliphatic heterocycles. The molecule has 7 aromatic carbocycles. The van der Waals surface area contributed by atoms with Gasteiger partial charge in [0.25, 0.3) is 0 Å². The van der Waals surface area contributed by atoms with Crippen molar-refractivity contribution in [3.8, 4) is 22.5 Å². The molecule has 1 unspecified atom stereocenters. The number of allylic oxidation sites excluding steroid dienone is 1. The molecule has 266 valence electrons. The molecule has 0 bridgehead atoms. The molecule has 0 spiro atoms. The first-order chi connectivity index (χ1) is 27.8. The summed E-state index contributed by atoms with van der Waals surface area (Å²) in [5, 5.41) is 7.36. The van der Waals surface area contributed by atoms with Crippen molar-refractivity contribution < 1.29 is 0 Å². The average molecular weight is 720 g/mol. The first kappa shape index (κ1) is 32.2. The Morgan fingerprint density at radius 3 is 2.05 bits per heavy atom. The molecule has 2 aromatic heterocycles. The highest BCUT2D eigenvalue weighted by molar-refractivity contribution is 6.16. The third-order valence-corrected chi connectivity index (χ3v) is 11.2. The van der Waals surface area contributed by atoms with Gasteiger partial charge in [-0.2, -0.15) is 0 Å². The molecule has 0 saturated carbocycles. The molecule has 0 amide bonds. The van der Waals surface area contributed by atoms with E-state index in [1.165, 1.54) is 49.7 Å². The van der Waals surface area contributed by atoms with E-state index in [9.17, 15) is 0 Å². The summed E-state index contributed by atoms with van der Waals surface area (Å²) < 4.78 is 4.83. The topological polar surface area (TPSA) is 46.6 Å². The lowest BCUT2D eigenvalue weighted by molar-refractivity contribution is 0.674. The van der Waals surface area contributed by atoms with E-state index in [1.54, 1.807) is 0 Å². The van der Waals surface area contributed by atoms with Crippen LogP contribution in [0.5, 0.6) is 0 Å². The predicted octanol–water partition coefficient (Wildman–Crippen LogP) is 11.8. The first-order valence-electron chi connectivity index (χ1n) is 19.3. The Kier molecular flexibility index (Phi) is 7.62. The fourth-order valence-electron chi connectivity index (χ4n) is 8.61. The zero-order valence-corrected chi connectivity index (χ0v) is 30.7. The number of para-hydroxylation sites is 2. The van der Waals surface area contributed by atoms with Crippen LogP contribution in [0.15, 0.2) is 192 Å². The minimum Gasteiger partial charge on any atom is -0.344 e. The number of fused-ring (bicyclic) bond motifs is 6. The number of benzene rings is 7. The Hall–Kier alpha value is -7.24. The van der Waals surface area contributed by atoms with E-state index >= 15 is 0 Å². The quantitative estimate of drug-likeness (QED) is 0.183. The summed E-state index contributed by atoms with van der Waals surface area (Å²) in [5.41, 5.74) is 14.1. The van der Waals surface area contributed by atoms with Gasteiger partial charge in [0.1, 0.15) is 12.0 Å². The van der Waals surface area contributed by atoms with E-state index in [2.05, 4.69) is 178 Å². The molecule has 2 aliphatic rings. The molecule has 5 heteroatoms. The summed E-state index contributed by atoms with van der Waals surface area (Å²) in [5.74, 6) is 1.53. The predicted molar refractivity (Wildman–Crippen MR) is 232 cm³/mol. The van der Waals surface area contributed by atoms with E-state index in [0.717, 1.165) is 57.9 Å². The van der Waals surface area contributed by atoms with Crippen LogP contribution in [0.3, 0.4) is 0 Å². The van der Waals surface area contributed by atoms with Gasteiger partial charge in [0.2, 0.25) is 0 Å². The summed E-state index contributed by atoms with van der Waals surface area (Å²) in [4.78, 5) is 10.2. The number of hydrogen-bond donors (Lipinski definition) is 1. The Bertz CT molecular complexity index is 3040. The molecular weight excluding hydrogens is 683 g/mol. The molecule has 1 atom stereocenters. The van der Waals surface area contributed by atoms with E-state index in [0.29, 0.717) is 0 Å². The summed E-state index contributed by atoms with van der Waals surface area (Å²) in [6.07, 6.45) is 6.48. The van der Waals surface area contributed by atoms with Crippen molar-refractivity contribution in [2.24, 2.45) is 9.98 Å². The van der Waals surface area contributed by atoms with Crippen molar-refractivity contribution in [1.29, 1.82) is 0 Å². The second kappa shape index (κ2) is 13.3. The molecule has 5 nitrogen and oxygen atoms in total. The monoisotopic (exact) mass is 719 g/mol. The van der Waals surface area contributed by atoms with Crippen LogP contribution in [0.4, 0.5) is 0 Å². The highest BCUT2D eigenvalue weighted by Gasteiger charge is 2.23. The molecule has 0 radical (unpaired) electrons. The van der Waals surface area contributed by atoms with Gasteiger partial charge in [-0.05, 0) is 95.8 Å². The molecule has 9 aromatic rings. The zero-order valence-electron chi connectivity index (χ0n) is 30.7. The first-order valence-corrected chi connectivity index (χ1v) is 19.3. The van der Waals surface area contributed by atoms with Crippen LogP contribution in [0.1, 0.15) is 40.5 Å². The van der Waals surface area contributed by atoms with Gasteiger partial charge >= 0.3 is 0 Å². The van der Waals surface area contributed by atoms with Crippen LogP contribution >= 0.6 is 0 Å². The lowest BCUT2D eigenvalue weighted by Gasteiger charge is -2.23. The van der Waals surface area contributed by atoms with Gasteiger partial charge in [-0.25, -0.2) is 9.98 Å². The molecule has 0 saturated heterocycles. The SMILES string of the molecule is C1=Cc2c(c3ccc(-c4cccc(-n5c6ccccc6c6cc(C7=NC(c8ccccc8)=NC(c8ccccc8)N7)ccc65)c4)cc3n2-c2ccccc2)CC1. The third kappa shape index (κ3) is 5.39. The van der Waals surface area contributed by atoms with Crippen LogP contribution in [-0.4, -0.2) is 20.8 Å². The molecule has 3 heterocycles. The highest BCUT2D eigenvalue weighted by atomic mass is 15.2. The maximum Gasteiger partial charge on any atom is 0.159 e. The normalized spacial score (nSPS) is 15.1. The summed E-state index contributed by atoms with van der Waals surface area (Å²) >= 11 is 0. The largest absolute Gasteiger partial charge is 0.344 e. The Balaban J connectivity index is 1.02. The number of aryl methyl sites for hydroxylation is 1. The van der Waals surface area contributed by atoms with Crippen LogP contribution in [0, 0.1) is 0 Å². The van der Waals surface area contributed by atoms with Crippen molar-refractivity contribution in [2.75, 3.05) is 0 Å². The maximum atomic E-state index is 5.11. The number of aromatic nitrogens is 2. The van der Waals surface area contributed by atoms with Crippen LogP contribution in [-0.2, 0) is 6.42 Å². The lowest BCUT2D eigenvalue weighted by atomic mass is 9.98. The van der Waals surface area contributed by atoms with Gasteiger partial charge in [0.05, 0.1) is 16.6 Å². The second-order valence-electron chi connectivity index (χ2n) is 14.6. The second-order valence-corrected chi connectivity index (χ2v) is 14.6. The third-order valence-electron chi connectivity index (χ3n) is 11.2. The summed E-state index contributed by atoms with van der Waals surface area (Å²) in [6.45, 7) is 0. The van der Waals surface area contributed by atoms with E-state index < -0.39 is 0 Å². The molecular formula is C51H37N5. The Labute approximate surface area is 325 Å². The standard InChI is InChI=1S/C51H37N5/c1-4-15-34(16-5-1)49-52-50(35-17-6-2-7-18-35)54-51(53-49)38-28-30-47-44(32-38)42-24-11-13-26-46(42)56(47)40-22-14-19-36(31-40)37-27-29-43-41-23-10-12-25-45(41)55(48(43)33-37)39-20-8-3-9-21-39/h1-9,11-22,24-33,49H,10,23H2,(H,52,53,54). The number of rotatable bonds is 6.